The molecule has 0 aromatic rings. The van der Waals surface area contributed by atoms with Gasteiger partial charge in [0, 0.05) is 7.11 Å². The van der Waals surface area contributed by atoms with Gasteiger partial charge < -0.3 is 63.2 Å². The molecule has 0 bridgehead atoms. The third-order valence-electron chi connectivity index (χ3n) is 6.58. The van der Waals surface area contributed by atoms with Gasteiger partial charge in [-0.1, -0.05) is 19.3 Å². The molecular formula is C25H50N6O9. The SMILES string of the molecule is CO[C@H]1O[C@H](CO)[C@@H](OC(=O)[C@@H](N)CCCCN)[C@H](OC(=O)[C@@H](N)CCCCN)[C@H]1OC(=O)[C@@H](N)CCCCN. The van der Waals surface area contributed by atoms with Gasteiger partial charge in [0.15, 0.2) is 24.6 Å². The van der Waals surface area contributed by atoms with E-state index in [1.165, 1.54) is 7.11 Å². The highest BCUT2D eigenvalue weighted by molar-refractivity contribution is 5.77. The van der Waals surface area contributed by atoms with E-state index in [-0.39, 0.29) is 6.42 Å². The molecule has 15 nitrogen and oxygen atoms in total. The van der Waals surface area contributed by atoms with E-state index in [0.717, 1.165) is 0 Å². The van der Waals surface area contributed by atoms with Gasteiger partial charge in [0.1, 0.15) is 24.2 Å². The molecule has 1 rings (SSSR count). The number of carbonyl (C=O) groups excluding carboxylic acids is 3. The number of ether oxygens (including phenoxy) is 5. The quantitative estimate of drug-likeness (QED) is 0.0445. The molecule has 0 aromatic heterocycles. The molecule has 8 atom stereocenters. The summed E-state index contributed by atoms with van der Waals surface area (Å²) in [7, 11) is 1.28. The number of carbonyl (C=O) groups is 3. The second-order valence-electron chi connectivity index (χ2n) is 9.84. The lowest BCUT2D eigenvalue weighted by molar-refractivity contribution is -0.303. The van der Waals surface area contributed by atoms with Gasteiger partial charge in [-0.2, -0.15) is 0 Å². The predicted molar refractivity (Wildman–Crippen MR) is 145 cm³/mol. The summed E-state index contributed by atoms with van der Waals surface area (Å²) in [5, 5.41) is 10.0. The number of aliphatic hydroxyl groups excluding tert-OH is 1. The van der Waals surface area contributed by atoms with Crippen molar-refractivity contribution in [2.75, 3.05) is 33.4 Å². The highest BCUT2D eigenvalue weighted by atomic mass is 16.7. The van der Waals surface area contributed by atoms with Crippen molar-refractivity contribution in [3.05, 3.63) is 0 Å². The molecule has 1 heterocycles. The summed E-state index contributed by atoms with van der Waals surface area (Å²) in [6.07, 6.45) is -2.17. The maximum atomic E-state index is 13.0. The molecule has 1 aliphatic rings. The molecule has 0 saturated carbocycles. The summed E-state index contributed by atoms with van der Waals surface area (Å²) in [5.41, 5.74) is 34.6. The summed E-state index contributed by atoms with van der Waals surface area (Å²) < 4.78 is 28.0. The predicted octanol–water partition coefficient (Wildman–Crippen LogP) is -2.55. The highest BCUT2D eigenvalue weighted by Crippen LogP contribution is 2.30. The van der Waals surface area contributed by atoms with Gasteiger partial charge in [-0.15, -0.1) is 0 Å². The molecule has 234 valence electrons. The van der Waals surface area contributed by atoms with Crippen LogP contribution in [0.15, 0.2) is 0 Å². The third-order valence-corrected chi connectivity index (χ3v) is 6.58. The van der Waals surface area contributed by atoms with Crippen molar-refractivity contribution in [3.63, 3.8) is 0 Å². The Morgan fingerprint density at radius 2 is 1.05 bits per heavy atom. The zero-order chi connectivity index (χ0) is 30.1. The molecule has 0 amide bonds. The first-order valence-electron chi connectivity index (χ1n) is 13.9. The number of hydrogen-bond acceptors (Lipinski definition) is 15. The van der Waals surface area contributed by atoms with Gasteiger partial charge in [-0.3, -0.25) is 14.4 Å². The Labute approximate surface area is 235 Å². The van der Waals surface area contributed by atoms with Crippen molar-refractivity contribution < 1.29 is 43.2 Å². The third kappa shape index (κ3) is 11.9. The smallest absolute Gasteiger partial charge is 0.323 e. The van der Waals surface area contributed by atoms with Crippen LogP contribution >= 0.6 is 0 Å². The number of aliphatic hydroxyl groups is 1. The van der Waals surface area contributed by atoms with Gasteiger partial charge in [0.05, 0.1) is 6.61 Å². The Kier molecular flexibility index (Phi) is 18.1. The van der Waals surface area contributed by atoms with E-state index in [9.17, 15) is 19.5 Å². The van der Waals surface area contributed by atoms with Gasteiger partial charge >= 0.3 is 17.9 Å². The zero-order valence-corrected chi connectivity index (χ0v) is 23.5. The fraction of sp³-hybridized carbons (Fsp3) is 0.880. The molecule has 0 aromatic carbocycles. The van der Waals surface area contributed by atoms with Gasteiger partial charge in [-0.25, -0.2) is 0 Å². The fourth-order valence-electron chi connectivity index (χ4n) is 4.16. The maximum absolute atomic E-state index is 13.0. The van der Waals surface area contributed by atoms with Crippen molar-refractivity contribution in [1.82, 2.24) is 0 Å². The normalized spacial score (nSPS) is 25.1. The van der Waals surface area contributed by atoms with Crippen molar-refractivity contribution >= 4 is 17.9 Å². The van der Waals surface area contributed by atoms with Crippen LogP contribution in [-0.2, 0) is 38.1 Å². The first kappa shape index (κ1) is 36.1. The minimum Gasteiger partial charge on any atom is -0.454 e. The lowest BCUT2D eigenvalue weighted by atomic mass is 9.97. The van der Waals surface area contributed by atoms with Crippen LogP contribution in [0.1, 0.15) is 57.8 Å². The zero-order valence-electron chi connectivity index (χ0n) is 23.5. The van der Waals surface area contributed by atoms with Crippen LogP contribution < -0.4 is 34.4 Å². The van der Waals surface area contributed by atoms with E-state index in [1.54, 1.807) is 0 Å². The number of esters is 3. The molecule has 0 aliphatic carbocycles. The highest BCUT2D eigenvalue weighted by Gasteiger charge is 2.53. The topological polar surface area (TPSA) is 274 Å². The Hall–Kier alpha value is -1.95. The Morgan fingerprint density at radius 3 is 1.40 bits per heavy atom. The van der Waals surface area contributed by atoms with E-state index < -0.39 is 73.3 Å². The van der Waals surface area contributed by atoms with Crippen LogP contribution in [0.3, 0.4) is 0 Å². The van der Waals surface area contributed by atoms with Crippen LogP contribution in [0.4, 0.5) is 0 Å². The van der Waals surface area contributed by atoms with E-state index in [4.69, 9.17) is 58.1 Å². The summed E-state index contributed by atoms with van der Waals surface area (Å²) in [4.78, 5) is 38.8. The molecule has 0 unspecified atom stereocenters. The molecule has 15 heteroatoms. The molecule has 0 radical (unpaired) electrons. The molecule has 1 fully saturated rings. The number of hydrogen-bond donors (Lipinski definition) is 7. The van der Waals surface area contributed by atoms with Crippen LogP contribution in [0, 0.1) is 0 Å². The lowest BCUT2D eigenvalue weighted by Crippen LogP contribution is -2.64. The molecule has 40 heavy (non-hydrogen) atoms. The summed E-state index contributed by atoms with van der Waals surface area (Å²) in [6.45, 7) is 0.671. The summed E-state index contributed by atoms with van der Waals surface area (Å²) in [5.74, 6) is -2.47. The Bertz CT molecular complexity index is 706. The molecule has 13 N–H and O–H groups in total. The molecule has 0 spiro atoms. The van der Waals surface area contributed by atoms with Gasteiger partial charge in [0.25, 0.3) is 0 Å². The average molecular weight is 579 g/mol. The van der Waals surface area contributed by atoms with Crippen molar-refractivity contribution in [1.29, 1.82) is 0 Å². The second kappa shape index (κ2) is 20.0. The second-order valence-corrected chi connectivity index (χ2v) is 9.84. The van der Waals surface area contributed by atoms with Gasteiger partial charge in [-0.05, 0) is 58.2 Å². The molecule has 1 saturated heterocycles. The Balaban J connectivity index is 3.26. The molecular weight excluding hydrogens is 528 g/mol. The maximum Gasteiger partial charge on any atom is 0.323 e. The minimum atomic E-state index is -1.45. The van der Waals surface area contributed by atoms with E-state index >= 15 is 0 Å². The number of unbranched alkanes of at least 4 members (excludes halogenated alkanes) is 3. The summed E-state index contributed by atoms with van der Waals surface area (Å²) >= 11 is 0. The van der Waals surface area contributed by atoms with Crippen molar-refractivity contribution in [3.8, 4) is 0 Å². The standard InChI is InChI=1S/C25H50N6O9/c1-36-25-21(40-24(35)17(31)10-4-7-13-28)20(39-23(34)16(30)9-3-6-12-27)19(18(14-32)37-25)38-22(33)15(29)8-2-5-11-26/h15-21,25,32H,2-14,26-31H2,1H3/t15-,16-,17-,18+,19+,20-,21+,25-/m0/s1. The van der Waals surface area contributed by atoms with Crippen molar-refractivity contribution in [2.24, 2.45) is 34.4 Å². The number of nitrogens with two attached hydrogens (primary N) is 6. The number of rotatable bonds is 20. The first-order valence-corrected chi connectivity index (χ1v) is 13.9. The van der Waals surface area contributed by atoms with Crippen LogP contribution in [0.25, 0.3) is 0 Å². The first-order chi connectivity index (χ1) is 19.1. The van der Waals surface area contributed by atoms with E-state index in [0.29, 0.717) is 71.0 Å². The number of methoxy groups -OCH3 is 1. The van der Waals surface area contributed by atoms with Crippen LogP contribution in [0.5, 0.6) is 0 Å². The average Bonchev–Trinajstić information content (AvgIpc) is 2.94. The van der Waals surface area contributed by atoms with E-state index in [2.05, 4.69) is 0 Å². The fourth-order valence-corrected chi connectivity index (χ4v) is 4.16. The Morgan fingerprint density at radius 1 is 0.675 bits per heavy atom. The van der Waals surface area contributed by atoms with Crippen LogP contribution in [-0.4, -0.2) is 105 Å². The summed E-state index contributed by atoms with van der Waals surface area (Å²) in [6, 6.07) is -3.06. The molecule has 1 aliphatic heterocycles. The largest absolute Gasteiger partial charge is 0.454 e. The minimum absolute atomic E-state index is 0.281. The van der Waals surface area contributed by atoms with Gasteiger partial charge in [0.2, 0.25) is 0 Å². The monoisotopic (exact) mass is 578 g/mol. The van der Waals surface area contributed by atoms with E-state index in [1.807, 2.05) is 0 Å². The lowest BCUT2D eigenvalue weighted by Gasteiger charge is -2.44. The van der Waals surface area contributed by atoms with Crippen LogP contribution in [0.2, 0.25) is 0 Å². The van der Waals surface area contributed by atoms with Crippen molar-refractivity contribution in [2.45, 2.75) is 107 Å².